The van der Waals surface area contributed by atoms with Gasteiger partial charge in [0.1, 0.15) is 11.6 Å². The first kappa shape index (κ1) is 17.9. The number of aromatic nitrogens is 2. The van der Waals surface area contributed by atoms with Gasteiger partial charge in [-0.05, 0) is 36.6 Å². The number of benzene rings is 2. The van der Waals surface area contributed by atoms with E-state index >= 15 is 0 Å². The van der Waals surface area contributed by atoms with E-state index in [-0.39, 0.29) is 5.82 Å². The molecule has 3 rings (SSSR count). The summed E-state index contributed by atoms with van der Waals surface area (Å²) in [7, 11) is 1.99. The molecule has 0 atom stereocenters. The highest BCUT2D eigenvalue weighted by Gasteiger charge is 2.08. The molecule has 1 N–H and O–H groups in total. The highest BCUT2D eigenvalue weighted by molar-refractivity contribution is 5.44. The maximum atomic E-state index is 13.0. The van der Waals surface area contributed by atoms with Crippen LogP contribution in [0.3, 0.4) is 0 Å². The van der Waals surface area contributed by atoms with Crippen LogP contribution in [0.2, 0.25) is 0 Å². The van der Waals surface area contributed by atoms with Crippen molar-refractivity contribution < 1.29 is 4.39 Å². The van der Waals surface area contributed by atoms with Crippen LogP contribution < -0.4 is 10.2 Å². The van der Waals surface area contributed by atoms with Crippen LogP contribution in [0.4, 0.5) is 16.2 Å². The molecule has 5 heteroatoms. The van der Waals surface area contributed by atoms with E-state index < -0.39 is 0 Å². The van der Waals surface area contributed by atoms with E-state index in [1.54, 1.807) is 12.1 Å². The van der Waals surface area contributed by atoms with Gasteiger partial charge in [0, 0.05) is 31.9 Å². The van der Waals surface area contributed by atoms with E-state index in [1.807, 2.05) is 43.1 Å². The summed E-state index contributed by atoms with van der Waals surface area (Å²) in [4.78, 5) is 11.2. The minimum atomic E-state index is -0.209. The predicted molar refractivity (Wildman–Crippen MR) is 104 cm³/mol. The highest BCUT2D eigenvalue weighted by atomic mass is 19.1. The molecule has 134 valence electrons. The van der Waals surface area contributed by atoms with Crippen molar-refractivity contribution >= 4 is 11.8 Å². The minimum Gasteiger partial charge on any atom is -0.370 e. The maximum absolute atomic E-state index is 13.0. The van der Waals surface area contributed by atoms with Crippen molar-refractivity contribution in [3.8, 4) is 0 Å². The van der Waals surface area contributed by atoms with Crippen molar-refractivity contribution in [1.82, 2.24) is 9.97 Å². The molecule has 0 spiro atoms. The summed E-state index contributed by atoms with van der Waals surface area (Å²) in [6.07, 6.45) is 0.804. The fourth-order valence-electron chi connectivity index (χ4n) is 2.73. The van der Waals surface area contributed by atoms with Crippen LogP contribution in [0.15, 0.2) is 60.7 Å². The van der Waals surface area contributed by atoms with Crippen LogP contribution in [0, 0.1) is 12.7 Å². The molecule has 0 aliphatic rings. The van der Waals surface area contributed by atoms with Crippen molar-refractivity contribution in [2.24, 2.45) is 0 Å². The molecule has 1 aromatic heterocycles. The number of nitrogens with one attached hydrogen (secondary N) is 1. The van der Waals surface area contributed by atoms with E-state index in [0.29, 0.717) is 5.95 Å². The Morgan fingerprint density at radius 3 is 2.42 bits per heavy atom. The molecule has 0 aliphatic heterocycles. The Hall–Kier alpha value is -2.95. The van der Waals surface area contributed by atoms with Gasteiger partial charge in [0.15, 0.2) is 0 Å². The van der Waals surface area contributed by atoms with Crippen LogP contribution >= 0.6 is 0 Å². The molecular weight excluding hydrogens is 327 g/mol. The molecule has 0 radical (unpaired) electrons. The number of halogens is 1. The molecular formula is C21H23FN4. The third-order valence-electron chi connectivity index (χ3n) is 4.08. The predicted octanol–water partition coefficient (Wildman–Crippen LogP) is 4.22. The SMILES string of the molecule is Cc1cc(NCCc2ccc(F)cc2)nc(N(C)Cc2ccccc2)n1. The van der Waals surface area contributed by atoms with Gasteiger partial charge < -0.3 is 10.2 Å². The van der Waals surface area contributed by atoms with E-state index in [4.69, 9.17) is 0 Å². The number of nitrogens with zero attached hydrogens (tertiary/aromatic N) is 3. The Bertz CT molecular complexity index is 834. The summed E-state index contributed by atoms with van der Waals surface area (Å²) in [5, 5.41) is 3.34. The Kier molecular flexibility index (Phi) is 5.79. The van der Waals surface area contributed by atoms with Gasteiger partial charge in [-0.25, -0.2) is 9.37 Å². The Morgan fingerprint density at radius 1 is 0.962 bits per heavy atom. The molecule has 0 saturated carbocycles. The van der Waals surface area contributed by atoms with E-state index in [2.05, 4.69) is 27.4 Å². The topological polar surface area (TPSA) is 41.1 Å². The normalized spacial score (nSPS) is 10.6. The van der Waals surface area contributed by atoms with Gasteiger partial charge >= 0.3 is 0 Å². The van der Waals surface area contributed by atoms with E-state index in [9.17, 15) is 4.39 Å². The smallest absolute Gasteiger partial charge is 0.227 e. The van der Waals surface area contributed by atoms with E-state index in [0.717, 1.165) is 36.6 Å². The lowest BCUT2D eigenvalue weighted by molar-refractivity contribution is 0.627. The summed E-state index contributed by atoms with van der Waals surface area (Å²) >= 11 is 0. The van der Waals surface area contributed by atoms with Crippen molar-refractivity contribution in [3.05, 3.63) is 83.3 Å². The molecule has 1 heterocycles. The fraction of sp³-hybridized carbons (Fsp3) is 0.238. The van der Waals surface area contributed by atoms with Crippen LogP contribution in [-0.2, 0) is 13.0 Å². The largest absolute Gasteiger partial charge is 0.370 e. The van der Waals surface area contributed by atoms with E-state index in [1.165, 1.54) is 17.7 Å². The second-order valence-electron chi connectivity index (χ2n) is 6.34. The maximum Gasteiger partial charge on any atom is 0.227 e. The molecule has 2 aromatic carbocycles. The lowest BCUT2D eigenvalue weighted by Crippen LogP contribution is -2.20. The number of anilines is 2. The average Bonchev–Trinajstić information content (AvgIpc) is 2.64. The van der Waals surface area contributed by atoms with Crippen LogP contribution in [0.25, 0.3) is 0 Å². The first-order valence-electron chi connectivity index (χ1n) is 8.69. The first-order valence-corrected chi connectivity index (χ1v) is 8.69. The third-order valence-corrected chi connectivity index (χ3v) is 4.08. The third kappa shape index (κ3) is 5.02. The molecule has 0 unspecified atom stereocenters. The molecule has 0 fully saturated rings. The van der Waals surface area contributed by atoms with Crippen LogP contribution in [0.5, 0.6) is 0 Å². The number of aryl methyl sites for hydroxylation is 1. The molecule has 0 aliphatic carbocycles. The Morgan fingerprint density at radius 2 is 1.69 bits per heavy atom. The summed E-state index contributed by atoms with van der Waals surface area (Å²) in [6.45, 7) is 3.44. The van der Waals surface area contributed by atoms with Crippen molar-refractivity contribution in [1.29, 1.82) is 0 Å². The molecule has 0 saturated heterocycles. The average molecular weight is 350 g/mol. The standard InChI is InChI=1S/C21H23FN4/c1-16-14-20(23-13-12-17-8-10-19(22)11-9-17)25-21(24-16)26(2)15-18-6-4-3-5-7-18/h3-11,14H,12-13,15H2,1-2H3,(H,23,24,25). The Labute approximate surface area is 153 Å². The summed E-state index contributed by atoms with van der Waals surface area (Å²) in [6, 6.07) is 18.8. The van der Waals surface area contributed by atoms with Crippen molar-refractivity contribution in [3.63, 3.8) is 0 Å². The second-order valence-corrected chi connectivity index (χ2v) is 6.34. The van der Waals surface area contributed by atoms with Crippen molar-refractivity contribution in [2.75, 3.05) is 23.8 Å². The highest BCUT2D eigenvalue weighted by Crippen LogP contribution is 2.15. The zero-order valence-electron chi connectivity index (χ0n) is 15.1. The van der Waals surface area contributed by atoms with Gasteiger partial charge in [-0.1, -0.05) is 42.5 Å². The lowest BCUT2D eigenvalue weighted by Gasteiger charge is -2.18. The number of hydrogen-bond acceptors (Lipinski definition) is 4. The second kappa shape index (κ2) is 8.43. The van der Waals surface area contributed by atoms with Gasteiger partial charge in [-0.3, -0.25) is 0 Å². The fourth-order valence-corrected chi connectivity index (χ4v) is 2.73. The summed E-state index contributed by atoms with van der Waals surface area (Å²) in [5.74, 6) is 1.28. The number of hydrogen-bond donors (Lipinski definition) is 1. The summed E-state index contributed by atoms with van der Waals surface area (Å²) in [5.41, 5.74) is 3.22. The molecule has 3 aromatic rings. The monoisotopic (exact) mass is 350 g/mol. The van der Waals surface area contributed by atoms with Gasteiger partial charge in [-0.2, -0.15) is 4.98 Å². The number of rotatable bonds is 7. The van der Waals surface area contributed by atoms with Gasteiger partial charge in [-0.15, -0.1) is 0 Å². The Balaban J connectivity index is 1.62. The lowest BCUT2D eigenvalue weighted by atomic mass is 10.1. The quantitative estimate of drug-likeness (QED) is 0.693. The van der Waals surface area contributed by atoms with Gasteiger partial charge in [0.05, 0.1) is 0 Å². The zero-order chi connectivity index (χ0) is 18.4. The summed E-state index contributed by atoms with van der Waals surface area (Å²) < 4.78 is 13.0. The molecule has 0 amide bonds. The zero-order valence-corrected chi connectivity index (χ0v) is 15.1. The van der Waals surface area contributed by atoms with Crippen LogP contribution in [-0.4, -0.2) is 23.6 Å². The van der Waals surface area contributed by atoms with Gasteiger partial charge in [0.2, 0.25) is 5.95 Å². The molecule has 26 heavy (non-hydrogen) atoms. The van der Waals surface area contributed by atoms with Crippen LogP contribution in [0.1, 0.15) is 16.8 Å². The van der Waals surface area contributed by atoms with Crippen molar-refractivity contribution in [2.45, 2.75) is 19.9 Å². The molecule has 4 nitrogen and oxygen atoms in total. The minimum absolute atomic E-state index is 0.209. The molecule has 0 bridgehead atoms. The first-order chi connectivity index (χ1) is 12.6. The van der Waals surface area contributed by atoms with Gasteiger partial charge in [0.25, 0.3) is 0 Å².